The molecule has 1 aliphatic carbocycles. The summed E-state index contributed by atoms with van der Waals surface area (Å²) in [4.78, 5) is 4.29. The van der Waals surface area contributed by atoms with Gasteiger partial charge in [-0.3, -0.25) is 4.99 Å². The molecule has 1 saturated carbocycles. The molecule has 0 amide bonds. The van der Waals surface area contributed by atoms with Gasteiger partial charge in [-0.1, -0.05) is 30.3 Å². The average molecular weight is 413 g/mol. The molecule has 1 fully saturated rings. The van der Waals surface area contributed by atoms with Crippen LogP contribution >= 0.6 is 35.3 Å². The van der Waals surface area contributed by atoms with Crippen LogP contribution in [0.3, 0.4) is 0 Å². The molecule has 5 heteroatoms. The first-order valence-corrected chi connectivity index (χ1v) is 7.84. The van der Waals surface area contributed by atoms with Gasteiger partial charge in [-0.2, -0.15) is 11.3 Å². The summed E-state index contributed by atoms with van der Waals surface area (Å²) in [5.74, 6) is 1.51. The molecule has 0 bridgehead atoms. The molecule has 0 saturated heterocycles. The Bertz CT molecular complexity index is 568. The maximum atomic E-state index is 4.29. The third-order valence-corrected chi connectivity index (χ3v) is 4.34. The second-order valence-corrected chi connectivity index (χ2v) is 5.84. The summed E-state index contributed by atoms with van der Waals surface area (Å²) >= 11 is 1.72. The average Bonchev–Trinajstić information content (AvgIpc) is 3.06. The number of aliphatic imine (C=N–C) groups is 1. The van der Waals surface area contributed by atoms with Crippen molar-refractivity contribution in [3.8, 4) is 0 Å². The summed E-state index contributed by atoms with van der Waals surface area (Å²) in [6.07, 6.45) is 1.18. The first-order chi connectivity index (χ1) is 9.86. The highest BCUT2D eigenvalue weighted by Crippen LogP contribution is 2.40. The minimum Gasteiger partial charge on any atom is -0.353 e. The summed E-state index contributed by atoms with van der Waals surface area (Å²) in [7, 11) is 1.82. The first-order valence-electron chi connectivity index (χ1n) is 6.90. The van der Waals surface area contributed by atoms with E-state index in [-0.39, 0.29) is 24.0 Å². The number of hydrogen-bond acceptors (Lipinski definition) is 2. The molecule has 2 aromatic rings. The van der Waals surface area contributed by atoms with Crippen molar-refractivity contribution in [3.05, 3.63) is 58.3 Å². The molecule has 112 valence electrons. The molecule has 3 rings (SSSR count). The van der Waals surface area contributed by atoms with Crippen LogP contribution in [0.5, 0.6) is 0 Å². The van der Waals surface area contributed by atoms with Crippen molar-refractivity contribution < 1.29 is 0 Å². The third kappa shape index (κ3) is 4.44. The zero-order chi connectivity index (χ0) is 13.8. The van der Waals surface area contributed by atoms with E-state index >= 15 is 0 Å². The SMILES string of the molecule is CN=C(NCc1ccsc1)NC1CC1c1ccccc1.I. The normalized spacial score (nSPS) is 20.5. The quantitative estimate of drug-likeness (QED) is 0.457. The van der Waals surface area contributed by atoms with Gasteiger partial charge in [0.1, 0.15) is 0 Å². The topological polar surface area (TPSA) is 36.4 Å². The Hall–Kier alpha value is -1.08. The molecule has 1 heterocycles. The lowest BCUT2D eigenvalue weighted by Gasteiger charge is -2.11. The first kappa shape index (κ1) is 16.3. The standard InChI is InChI=1S/C16H19N3S.HI/c1-17-16(18-10-12-7-8-20-11-12)19-15-9-14(15)13-5-3-2-4-6-13;/h2-8,11,14-15H,9-10H2,1H3,(H2,17,18,19);1H. The van der Waals surface area contributed by atoms with Gasteiger partial charge in [0.05, 0.1) is 0 Å². The Balaban J connectivity index is 0.00000161. The van der Waals surface area contributed by atoms with E-state index < -0.39 is 0 Å². The number of halogens is 1. The summed E-state index contributed by atoms with van der Waals surface area (Å²) in [6.45, 7) is 0.825. The van der Waals surface area contributed by atoms with Crippen molar-refractivity contribution in [1.82, 2.24) is 10.6 Å². The highest BCUT2D eigenvalue weighted by molar-refractivity contribution is 14.0. The van der Waals surface area contributed by atoms with Crippen LogP contribution in [0.2, 0.25) is 0 Å². The lowest BCUT2D eigenvalue weighted by molar-refractivity contribution is 0.791. The molecule has 21 heavy (non-hydrogen) atoms. The largest absolute Gasteiger partial charge is 0.353 e. The van der Waals surface area contributed by atoms with Crippen molar-refractivity contribution in [2.24, 2.45) is 4.99 Å². The van der Waals surface area contributed by atoms with E-state index in [9.17, 15) is 0 Å². The highest BCUT2D eigenvalue weighted by Gasteiger charge is 2.38. The number of nitrogens with zero attached hydrogens (tertiary/aromatic N) is 1. The number of thiophene rings is 1. The van der Waals surface area contributed by atoms with E-state index in [2.05, 4.69) is 62.8 Å². The Morgan fingerprint density at radius 2 is 2.10 bits per heavy atom. The van der Waals surface area contributed by atoms with E-state index in [0.717, 1.165) is 12.5 Å². The summed E-state index contributed by atoms with van der Waals surface area (Å²) in [5.41, 5.74) is 2.71. The van der Waals surface area contributed by atoms with Crippen LogP contribution in [0, 0.1) is 0 Å². The number of hydrogen-bond donors (Lipinski definition) is 2. The molecular weight excluding hydrogens is 393 g/mol. The second kappa shape index (κ2) is 7.79. The fourth-order valence-corrected chi connectivity index (χ4v) is 3.04. The van der Waals surface area contributed by atoms with Crippen LogP contribution in [-0.4, -0.2) is 19.0 Å². The van der Waals surface area contributed by atoms with Gasteiger partial charge in [0.15, 0.2) is 5.96 Å². The zero-order valence-corrected chi connectivity index (χ0v) is 15.1. The van der Waals surface area contributed by atoms with Gasteiger partial charge in [0, 0.05) is 25.6 Å². The lowest BCUT2D eigenvalue weighted by atomic mass is 10.1. The summed E-state index contributed by atoms with van der Waals surface area (Å²) in [5, 5.41) is 11.1. The van der Waals surface area contributed by atoms with Gasteiger partial charge >= 0.3 is 0 Å². The fraction of sp³-hybridized carbons (Fsp3) is 0.312. The number of guanidine groups is 1. The molecule has 2 unspecified atom stereocenters. The molecule has 1 aromatic heterocycles. The Labute approximate surface area is 146 Å². The molecule has 2 atom stereocenters. The molecule has 0 radical (unpaired) electrons. The van der Waals surface area contributed by atoms with Gasteiger partial charge < -0.3 is 10.6 Å². The van der Waals surface area contributed by atoms with Crippen LogP contribution < -0.4 is 10.6 Å². The van der Waals surface area contributed by atoms with Crippen molar-refractivity contribution >= 4 is 41.3 Å². The van der Waals surface area contributed by atoms with E-state index in [1.165, 1.54) is 17.5 Å². The van der Waals surface area contributed by atoms with Gasteiger partial charge in [-0.15, -0.1) is 24.0 Å². The van der Waals surface area contributed by atoms with Crippen LogP contribution in [0.4, 0.5) is 0 Å². The highest BCUT2D eigenvalue weighted by atomic mass is 127. The number of rotatable bonds is 4. The van der Waals surface area contributed by atoms with Crippen LogP contribution in [0.15, 0.2) is 52.2 Å². The Morgan fingerprint density at radius 3 is 2.76 bits per heavy atom. The van der Waals surface area contributed by atoms with Crippen molar-refractivity contribution in [3.63, 3.8) is 0 Å². The monoisotopic (exact) mass is 413 g/mol. The maximum Gasteiger partial charge on any atom is 0.191 e. The van der Waals surface area contributed by atoms with Crippen LogP contribution in [0.25, 0.3) is 0 Å². The molecule has 0 aliphatic heterocycles. The van der Waals surface area contributed by atoms with Gasteiger partial charge in [0.25, 0.3) is 0 Å². The fourth-order valence-electron chi connectivity index (χ4n) is 2.37. The number of nitrogens with one attached hydrogen (secondary N) is 2. The molecule has 3 nitrogen and oxygen atoms in total. The maximum absolute atomic E-state index is 4.29. The summed E-state index contributed by atoms with van der Waals surface area (Å²) in [6, 6.07) is 13.3. The molecule has 0 spiro atoms. The molecular formula is C16H20IN3S. The number of benzene rings is 1. The summed E-state index contributed by atoms with van der Waals surface area (Å²) < 4.78 is 0. The van der Waals surface area contributed by atoms with Gasteiger partial charge in [-0.25, -0.2) is 0 Å². The van der Waals surface area contributed by atoms with E-state index in [1.807, 2.05) is 7.05 Å². The second-order valence-electron chi connectivity index (χ2n) is 5.06. The predicted molar refractivity (Wildman–Crippen MR) is 101 cm³/mol. The smallest absolute Gasteiger partial charge is 0.191 e. The Kier molecular flexibility index (Phi) is 6.05. The molecule has 1 aromatic carbocycles. The zero-order valence-electron chi connectivity index (χ0n) is 12.0. The van der Waals surface area contributed by atoms with E-state index in [1.54, 1.807) is 11.3 Å². The molecule has 2 N–H and O–H groups in total. The van der Waals surface area contributed by atoms with Crippen LogP contribution in [0.1, 0.15) is 23.5 Å². The lowest BCUT2D eigenvalue weighted by Crippen LogP contribution is -2.38. The molecule has 1 aliphatic rings. The Morgan fingerprint density at radius 1 is 1.29 bits per heavy atom. The van der Waals surface area contributed by atoms with Crippen LogP contribution in [-0.2, 0) is 6.54 Å². The minimum atomic E-state index is 0. The van der Waals surface area contributed by atoms with Crippen molar-refractivity contribution in [1.29, 1.82) is 0 Å². The predicted octanol–water partition coefficient (Wildman–Crippen LogP) is 3.59. The third-order valence-electron chi connectivity index (χ3n) is 3.60. The minimum absolute atomic E-state index is 0. The van der Waals surface area contributed by atoms with E-state index in [0.29, 0.717) is 12.0 Å². The van der Waals surface area contributed by atoms with E-state index in [4.69, 9.17) is 0 Å². The van der Waals surface area contributed by atoms with Gasteiger partial charge in [-0.05, 0) is 34.4 Å². The van der Waals surface area contributed by atoms with Gasteiger partial charge in [0.2, 0.25) is 0 Å². The van der Waals surface area contributed by atoms with Crippen molar-refractivity contribution in [2.75, 3.05) is 7.05 Å². The van der Waals surface area contributed by atoms with Crippen molar-refractivity contribution in [2.45, 2.75) is 24.9 Å².